The van der Waals surface area contributed by atoms with E-state index in [2.05, 4.69) is 17.1 Å². The molecule has 0 spiro atoms. The maximum Gasteiger partial charge on any atom is 0.0835 e. The summed E-state index contributed by atoms with van der Waals surface area (Å²) in [4.78, 5) is 0. The van der Waals surface area contributed by atoms with E-state index in [1.807, 2.05) is 18.2 Å². The van der Waals surface area contributed by atoms with Crippen molar-refractivity contribution >= 4 is 16.6 Å². The van der Waals surface area contributed by atoms with Crippen molar-refractivity contribution in [2.24, 2.45) is 5.92 Å². The Labute approximate surface area is 106 Å². The molecule has 0 unspecified atom stereocenters. The summed E-state index contributed by atoms with van der Waals surface area (Å²) in [5, 5.41) is 5.30. The molecule has 0 aliphatic carbocycles. The predicted molar refractivity (Wildman–Crippen MR) is 70.9 cm³/mol. The monoisotopic (exact) mass is 241 g/mol. The van der Waals surface area contributed by atoms with Crippen molar-refractivity contribution in [2.75, 3.05) is 18.9 Å². The third-order valence-electron chi connectivity index (χ3n) is 3.19. The summed E-state index contributed by atoms with van der Waals surface area (Å²) in [5.74, 6) is 3.69. The van der Waals surface area contributed by atoms with Crippen molar-refractivity contribution in [1.82, 2.24) is 9.78 Å². The number of hydrogen-bond acceptors (Lipinski definition) is 3. The van der Waals surface area contributed by atoms with Gasteiger partial charge in [0.2, 0.25) is 0 Å². The van der Waals surface area contributed by atoms with Gasteiger partial charge in [-0.1, -0.05) is 5.92 Å². The number of ether oxygens (including phenoxy) is 1. The lowest BCUT2D eigenvalue weighted by Crippen LogP contribution is -2.14. The minimum atomic E-state index is 0.423. The molecule has 2 N–H and O–H groups in total. The predicted octanol–water partition coefficient (Wildman–Crippen LogP) is 1.85. The van der Waals surface area contributed by atoms with Crippen LogP contribution in [0.1, 0.15) is 12.8 Å². The Hall–Kier alpha value is -1.99. The van der Waals surface area contributed by atoms with E-state index in [0.29, 0.717) is 5.92 Å². The Kier molecular flexibility index (Phi) is 2.91. The average Bonchev–Trinajstić information content (AvgIpc) is 2.80. The Morgan fingerprint density at radius 3 is 3.00 bits per heavy atom. The van der Waals surface area contributed by atoms with E-state index in [9.17, 15) is 0 Å². The van der Waals surface area contributed by atoms with Crippen LogP contribution in [-0.2, 0) is 4.74 Å². The molecule has 4 heteroatoms. The first-order valence-corrected chi connectivity index (χ1v) is 6.15. The zero-order chi connectivity index (χ0) is 12.4. The molecule has 4 nitrogen and oxygen atoms in total. The van der Waals surface area contributed by atoms with Crippen LogP contribution in [0.2, 0.25) is 0 Å². The van der Waals surface area contributed by atoms with Crippen molar-refractivity contribution in [2.45, 2.75) is 12.8 Å². The van der Waals surface area contributed by atoms with Crippen LogP contribution in [0.4, 0.5) is 5.69 Å². The molecule has 2 aromatic rings. The smallest absolute Gasteiger partial charge is 0.0835 e. The second kappa shape index (κ2) is 4.71. The van der Waals surface area contributed by atoms with E-state index in [1.165, 1.54) is 0 Å². The number of nitrogens with two attached hydrogens (primary N) is 1. The van der Waals surface area contributed by atoms with Crippen molar-refractivity contribution in [3.63, 3.8) is 0 Å². The fraction of sp³-hybridized carbons (Fsp3) is 0.357. The molecule has 18 heavy (non-hydrogen) atoms. The van der Waals surface area contributed by atoms with Gasteiger partial charge in [0.05, 0.1) is 11.7 Å². The number of fused-ring (bicyclic) bond motifs is 1. The number of benzene rings is 1. The van der Waals surface area contributed by atoms with Gasteiger partial charge < -0.3 is 10.5 Å². The number of anilines is 1. The summed E-state index contributed by atoms with van der Waals surface area (Å²) in [6.45, 7) is 1.63. The van der Waals surface area contributed by atoms with Crippen LogP contribution in [0, 0.1) is 17.9 Å². The van der Waals surface area contributed by atoms with E-state index in [4.69, 9.17) is 10.5 Å². The lowest BCUT2D eigenvalue weighted by molar-refractivity contribution is 0.0807. The highest BCUT2D eigenvalue weighted by molar-refractivity contribution is 5.82. The van der Waals surface area contributed by atoms with Crippen LogP contribution in [0.3, 0.4) is 0 Å². The number of nitrogen functional groups attached to an aromatic ring is 1. The first-order chi connectivity index (χ1) is 8.83. The Balaban J connectivity index is 1.88. The lowest BCUT2D eigenvalue weighted by Gasteiger charge is -2.16. The lowest BCUT2D eigenvalue weighted by atomic mass is 10.0. The molecule has 0 saturated carbocycles. The van der Waals surface area contributed by atoms with Gasteiger partial charge in [0.25, 0.3) is 0 Å². The summed E-state index contributed by atoms with van der Waals surface area (Å²) in [5.41, 5.74) is 7.49. The zero-order valence-electron chi connectivity index (χ0n) is 10.1. The van der Waals surface area contributed by atoms with E-state index in [1.54, 1.807) is 10.9 Å². The standard InChI is InChI=1S/C14H15N3O/c15-13-1-2-14-12(9-13)10-16-17(14)6-3-11-4-7-18-8-5-11/h1-2,9-11H,4-5,7-8,15H2. The Bertz CT molecular complexity index is 615. The van der Waals surface area contributed by atoms with Gasteiger partial charge in [0, 0.05) is 36.2 Å². The maximum absolute atomic E-state index is 5.74. The normalized spacial score (nSPS) is 16.4. The van der Waals surface area contributed by atoms with Gasteiger partial charge in [-0.3, -0.25) is 0 Å². The third-order valence-corrected chi connectivity index (χ3v) is 3.19. The van der Waals surface area contributed by atoms with Crippen molar-refractivity contribution in [3.05, 3.63) is 24.4 Å². The second-order valence-electron chi connectivity index (χ2n) is 4.52. The van der Waals surface area contributed by atoms with Gasteiger partial charge in [-0.05, 0) is 31.0 Å². The van der Waals surface area contributed by atoms with Crippen LogP contribution in [0.25, 0.3) is 10.9 Å². The molecule has 0 bridgehead atoms. The van der Waals surface area contributed by atoms with Gasteiger partial charge in [0.15, 0.2) is 0 Å². The highest BCUT2D eigenvalue weighted by Crippen LogP contribution is 2.17. The maximum atomic E-state index is 5.74. The third kappa shape index (κ3) is 2.18. The summed E-state index contributed by atoms with van der Waals surface area (Å²) in [7, 11) is 0. The molecule has 0 radical (unpaired) electrons. The molecule has 0 atom stereocenters. The Morgan fingerprint density at radius 2 is 2.17 bits per heavy atom. The topological polar surface area (TPSA) is 53.1 Å². The van der Waals surface area contributed by atoms with E-state index in [-0.39, 0.29) is 0 Å². The van der Waals surface area contributed by atoms with E-state index < -0.39 is 0 Å². The molecule has 2 heterocycles. The largest absolute Gasteiger partial charge is 0.399 e. The summed E-state index contributed by atoms with van der Waals surface area (Å²) < 4.78 is 7.04. The van der Waals surface area contributed by atoms with Crippen molar-refractivity contribution in [1.29, 1.82) is 0 Å². The molecule has 1 aromatic heterocycles. The van der Waals surface area contributed by atoms with Crippen LogP contribution in [0.15, 0.2) is 24.4 Å². The summed E-state index contributed by atoms with van der Waals surface area (Å²) >= 11 is 0. The number of rotatable bonds is 0. The number of nitrogens with zero attached hydrogens (tertiary/aromatic N) is 2. The van der Waals surface area contributed by atoms with Gasteiger partial charge in [-0.2, -0.15) is 9.78 Å². The average molecular weight is 241 g/mol. The minimum absolute atomic E-state index is 0.423. The molecule has 1 aliphatic rings. The molecular formula is C14H15N3O. The molecule has 1 aliphatic heterocycles. The van der Waals surface area contributed by atoms with Crippen LogP contribution >= 0.6 is 0 Å². The number of hydrogen-bond donors (Lipinski definition) is 1. The fourth-order valence-electron chi connectivity index (χ4n) is 2.13. The summed E-state index contributed by atoms with van der Waals surface area (Å²) in [6.07, 6.45) is 3.82. The molecule has 3 rings (SSSR count). The van der Waals surface area contributed by atoms with Crippen molar-refractivity contribution < 1.29 is 4.74 Å². The first kappa shape index (κ1) is 11.1. The fourth-order valence-corrected chi connectivity index (χ4v) is 2.13. The summed E-state index contributed by atoms with van der Waals surface area (Å²) in [6, 6.07) is 8.85. The zero-order valence-corrected chi connectivity index (χ0v) is 10.1. The Morgan fingerprint density at radius 1 is 1.33 bits per heavy atom. The van der Waals surface area contributed by atoms with Gasteiger partial charge in [-0.15, -0.1) is 0 Å². The molecule has 1 fully saturated rings. The van der Waals surface area contributed by atoms with Crippen LogP contribution in [-0.4, -0.2) is 23.0 Å². The van der Waals surface area contributed by atoms with Crippen LogP contribution in [0.5, 0.6) is 0 Å². The molecule has 1 saturated heterocycles. The molecule has 0 amide bonds. The van der Waals surface area contributed by atoms with Gasteiger partial charge >= 0.3 is 0 Å². The van der Waals surface area contributed by atoms with Crippen LogP contribution < -0.4 is 5.73 Å². The SMILES string of the molecule is Nc1ccc2c(cnn2C#CC2CCOCC2)c1. The quantitative estimate of drug-likeness (QED) is 0.565. The molecule has 1 aromatic carbocycles. The molecule has 92 valence electrons. The molecular weight excluding hydrogens is 226 g/mol. The van der Waals surface area contributed by atoms with Gasteiger partial charge in [-0.25, -0.2) is 0 Å². The van der Waals surface area contributed by atoms with E-state index in [0.717, 1.165) is 42.6 Å². The second-order valence-corrected chi connectivity index (χ2v) is 4.52. The van der Waals surface area contributed by atoms with Crippen molar-refractivity contribution in [3.8, 4) is 12.0 Å². The van der Waals surface area contributed by atoms with Gasteiger partial charge in [0.1, 0.15) is 0 Å². The minimum Gasteiger partial charge on any atom is -0.399 e. The number of aromatic nitrogens is 2. The highest BCUT2D eigenvalue weighted by Gasteiger charge is 2.10. The highest BCUT2D eigenvalue weighted by atomic mass is 16.5. The van der Waals surface area contributed by atoms with E-state index >= 15 is 0 Å². The first-order valence-electron chi connectivity index (χ1n) is 6.15.